The van der Waals surface area contributed by atoms with Gasteiger partial charge in [-0.2, -0.15) is 0 Å². The Morgan fingerprint density at radius 2 is 1.78 bits per heavy atom. The molecule has 3 rings (SSSR count). The van der Waals surface area contributed by atoms with Crippen LogP contribution in [0.2, 0.25) is 0 Å². The van der Waals surface area contributed by atoms with Gasteiger partial charge in [-0.3, -0.25) is 14.7 Å². The van der Waals surface area contributed by atoms with Gasteiger partial charge >= 0.3 is 0 Å². The number of amides is 1. The van der Waals surface area contributed by atoms with Gasteiger partial charge < -0.3 is 15.4 Å². The largest absolute Gasteiger partial charge is 0.381 e. The first kappa shape index (κ1) is 18.1. The van der Waals surface area contributed by atoms with E-state index in [0.29, 0.717) is 26.1 Å². The maximum Gasteiger partial charge on any atom is 0.242 e. The Labute approximate surface area is 143 Å². The molecule has 128 valence electrons. The number of pyridine rings is 1. The number of rotatable bonds is 3. The lowest BCUT2D eigenvalue weighted by atomic mass is 9.89. The summed E-state index contributed by atoms with van der Waals surface area (Å²) in [4.78, 5) is 21.0. The minimum atomic E-state index is -0.717. The molecule has 2 N–H and O–H groups in total. The molecule has 0 aromatic carbocycles. The zero-order valence-electron chi connectivity index (χ0n) is 13.3. The van der Waals surface area contributed by atoms with Crippen molar-refractivity contribution in [1.82, 2.24) is 14.8 Å². The first-order chi connectivity index (χ1) is 10.7. The van der Waals surface area contributed by atoms with Crippen molar-refractivity contribution in [1.29, 1.82) is 0 Å². The third-order valence-electron chi connectivity index (χ3n) is 4.63. The predicted octanol–water partition coefficient (Wildman–Crippen LogP) is 0.655. The number of nitrogens with two attached hydrogens (primary N) is 1. The first-order valence-electron chi connectivity index (χ1n) is 7.95. The monoisotopic (exact) mass is 340 g/mol. The second-order valence-corrected chi connectivity index (χ2v) is 6.19. The van der Waals surface area contributed by atoms with Crippen molar-refractivity contribution in [3.8, 4) is 0 Å². The minimum absolute atomic E-state index is 0. The van der Waals surface area contributed by atoms with E-state index in [-0.39, 0.29) is 18.3 Å². The predicted molar refractivity (Wildman–Crippen MR) is 90.3 cm³/mol. The lowest BCUT2D eigenvalue weighted by Crippen LogP contribution is -2.61. The summed E-state index contributed by atoms with van der Waals surface area (Å²) < 4.78 is 5.32. The first-order valence-corrected chi connectivity index (χ1v) is 7.95. The quantitative estimate of drug-likeness (QED) is 0.875. The van der Waals surface area contributed by atoms with E-state index in [1.807, 2.05) is 29.4 Å². The lowest BCUT2D eigenvalue weighted by molar-refractivity contribution is -0.142. The zero-order chi connectivity index (χ0) is 15.4. The van der Waals surface area contributed by atoms with E-state index < -0.39 is 5.54 Å². The van der Waals surface area contributed by atoms with E-state index in [1.54, 1.807) is 0 Å². The molecule has 7 heteroatoms. The van der Waals surface area contributed by atoms with Crippen LogP contribution in [0.4, 0.5) is 0 Å². The molecule has 2 aliphatic rings. The number of halogens is 1. The van der Waals surface area contributed by atoms with Crippen molar-refractivity contribution >= 4 is 18.3 Å². The van der Waals surface area contributed by atoms with Crippen molar-refractivity contribution < 1.29 is 9.53 Å². The summed E-state index contributed by atoms with van der Waals surface area (Å²) >= 11 is 0. The van der Waals surface area contributed by atoms with Crippen molar-refractivity contribution in [2.45, 2.75) is 24.9 Å². The van der Waals surface area contributed by atoms with Crippen LogP contribution in [0.25, 0.3) is 0 Å². The molecule has 0 saturated carbocycles. The molecule has 1 aromatic rings. The Morgan fingerprint density at radius 3 is 2.39 bits per heavy atom. The lowest BCUT2D eigenvalue weighted by Gasteiger charge is -2.41. The molecule has 0 unspecified atom stereocenters. The summed E-state index contributed by atoms with van der Waals surface area (Å²) in [5.74, 6) is 0.0966. The molecule has 1 aromatic heterocycles. The van der Waals surface area contributed by atoms with E-state index in [1.165, 1.54) is 5.56 Å². The van der Waals surface area contributed by atoms with Gasteiger partial charge in [-0.15, -0.1) is 12.4 Å². The molecule has 6 nitrogen and oxygen atoms in total. The van der Waals surface area contributed by atoms with Gasteiger partial charge in [0.05, 0.1) is 5.54 Å². The maximum absolute atomic E-state index is 12.7. The fourth-order valence-corrected chi connectivity index (χ4v) is 3.12. The molecule has 0 bridgehead atoms. The highest BCUT2D eigenvalue weighted by molar-refractivity contribution is 5.86. The Kier molecular flexibility index (Phi) is 6.35. The molecule has 2 saturated heterocycles. The normalized spacial score (nSPS) is 21.5. The number of ether oxygens (including phenoxy) is 1. The highest BCUT2D eigenvalue weighted by atomic mass is 35.5. The highest BCUT2D eigenvalue weighted by Gasteiger charge is 2.39. The molecule has 2 aliphatic heterocycles. The van der Waals surface area contributed by atoms with E-state index in [4.69, 9.17) is 10.5 Å². The maximum atomic E-state index is 12.7. The molecular formula is C16H25ClN4O2. The van der Waals surface area contributed by atoms with Gasteiger partial charge in [0.2, 0.25) is 5.91 Å². The number of aromatic nitrogens is 1. The number of hydrogen-bond acceptors (Lipinski definition) is 5. The Morgan fingerprint density at radius 1 is 1.17 bits per heavy atom. The Balaban J connectivity index is 0.00000192. The second kappa shape index (κ2) is 8.06. The minimum Gasteiger partial charge on any atom is -0.381 e. The number of hydrogen-bond donors (Lipinski definition) is 1. The second-order valence-electron chi connectivity index (χ2n) is 6.19. The van der Waals surface area contributed by atoms with Crippen LogP contribution in [0.3, 0.4) is 0 Å². The van der Waals surface area contributed by atoms with Crippen LogP contribution in [0.15, 0.2) is 24.5 Å². The number of nitrogens with zero attached hydrogens (tertiary/aromatic N) is 3. The summed E-state index contributed by atoms with van der Waals surface area (Å²) in [5, 5.41) is 0. The number of carbonyl (C=O) groups is 1. The van der Waals surface area contributed by atoms with Gasteiger partial charge in [0.15, 0.2) is 0 Å². The number of piperazine rings is 1. The van der Waals surface area contributed by atoms with Crippen LogP contribution in [0.1, 0.15) is 18.4 Å². The summed E-state index contributed by atoms with van der Waals surface area (Å²) in [6, 6.07) is 4.07. The van der Waals surface area contributed by atoms with Crippen molar-refractivity contribution in [2.75, 3.05) is 39.4 Å². The van der Waals surface area contributed by atoms with Crippen LogP contribution in [-0.4, -0.2) is 65.6 Å². The van der Waals surface area contributed by atoms with Crippen LogP contribution in [0.5, 0.6) is 0 Å². The SMILES string of the molecule is Cl.NC1(C(=O)N2CCN(Cc3ccncc3)CC2)CCOCC1. The summed E-state index contributed by atoms with van der Waals surface area (Å²) in [6.07, 6.45) is 4.89. The third-order valence-corrected chi connectivity index (χ3v) is 4.63. The Hall–Kier alpha value is -1.21. The van der Waals surface area contributed by atoms with Crippen molar-refractivity contribution in [3.63, 3.8) is 0 Å². The van der Waals surface area contributed by atoms with Gasteiger partial charge in [-0.1, -0.05) is 0 Å². The molecule has 2 fully saturated rings. The van der Waals surface area contributed by atoms with Gasteiger partial charge in [0.1, 0.15) is 0 Å². The molecule has 0 atom stereocenters. The van der Waals surface area contributed by atoms with E-state index in [2.05, 4.69) is 9.88 Å². The van der Waals surface area contributed by atoms with E-state index in [0.717, 1.165) is 32.7 Å². The van der Waals surface area contributed by atoms with E-state index in [9.17, 15) is 4.79 Å². The summed E-state index contributed by atoms with van der Waals surface area (Å²) in [5.41, 5.74) is 6.84. The fraction of sp³-hybridized carbons (Fsp3) is 0.625. The molecular weight excluding hydrogens is 316 g/mol. The van der Waals surface area contributed by atoms with Gasteiger partial charge in [-0.05, 0) is 30.5 Å². The third kappa shape index (κ3) is 4.41. The molecule has 3 heterocycles. The molecule has 0 spiro atoms. The van der Waals surface area contributed by atoms with Gasteiger partial charge in [0.25, 0.3) is 0 Å². The highest BCUT2D eigenvalue weighted by Crippen LogP contribution is 2.21. The van der Waals surface area contributed by atoms with E-state index >= 15 is 0 Å². The smallest absolute Gasteiger partial charge is 0.242 e. The summed E-state index contributed by atoms with van der Waals surface area (Å²) in [6.45, 7) is 5.37. The molecule has 0 radical (unpaired) electrons. The number of carbonyl (C=O) groups excluding carboxylic acids is 1. The van der Waals surface area contributed by atoms with Crippen LogP contribution in [0, 0.1) is 0 Å². The van der Waals surface area contributed by atoms with Crippen molar-refractivity contribution in [3.05, 3.63) is 30.1 Å². The molecule has 1 amide bonds. The molecule has 0 aliphatic carbocycles. The standard InChI is InChI=1S/C16H24N4O2.ClH/c17-16(3-11-22-12-4-16)15(21)20-9-7-19(8-10-20)13-14-1-5-18-6-2-14;/h1-2,5-6H,3-4,7-13,17H2;1H. The summed E-state index contributed by atoms with van der Waals surface area (Å²) in [7, 11) is 0. The zero-order valence-corrected chi connectivity index (χ0v) is 14.1. The molecule has 23 heavy (non-hydrogen) atoms. The average molecular weight is 341 g/mol. The topological polar surface area (TPSA) is 71.7 Å². The Bertz CT molecular complexity index is 500. The van der Waals surface area contributed by atoms with Crippen LogP contribution >= 0.6 is 12.4 Å². The van der Waals surface area contributed by atoms with Crippen LogP contribution < -0.4 is 5.73 Å². The average Bonchev–Trinajstić information content (AvgIpc) is 2.56. The van der Waals surface area contributed by atoms with Gasteiger partial charge in [0, 0.05) is 58.3 Å². The fourth-order valence-electron chi connectivity index (χ4n) is 3.12. The van der Waals surface area contributed by atoms with Crippen LogP contribution in [-0.2, 0) is 16.1 Å². The van der Waals surface area contributed by atoms with Gasteiger partial charge in [-0.25, -0.2) is 0 Å². The van der Waals surface area contributed by atoms with Crippen molar-refractivity contribution in [2.24, 2.45) is 5.73 Å².